The van der Waals surface area contributed by atoms with Crippen LogP contribution >= 0.6 is 0 Å². The Labute approximate surface area is 123 Å². The van der Waals surface area contributed by atoms with E-state index < -0.39 is 17.3 Å². The maximum absolute atomic E-state index is 13.6. The summed E-state index contributed by atoms with van der Waals surface area (Å²) >= 11 is 0. The largest absolute Gasteiger partial charge is 0.494 e. The van der Waals surface area contributed by atoms with Crippen LogP contribution in [0.15, 0.2) is 18.2 Å². The van der Waals surface area contributed by atoms with E-state index >= 15 is 0 Å². The number of halogens is 1. The average Bonchev–Trinajstić information content (AvgIpc) is 2.49. The van der Waals surface area contributed by atoms with E-state index in [0.29, 0.717) is 12.8 Å². The minimum absolute atomic E-state index is 0.0841. The normalized spacial score (nSPS) is 17.8. The number of piperidine rings is 1. The number of rotatable bonds is 3. The number of nitrogens with one attached hydrogen (secondary N) is 1. The molecule has 1 aliphatic rings. The Morgan fingerprint density at radius 1 is 1.48 bits per heavy atom. The molecule has 1 aromatic rings. The summed E-state index contributed by atoms with van der Waals surface area (Å²) in [7, 11) is 3.34. The molecule has 0 bridgehead atoms. The van der Waals surface area contributed by atoms with Gasteiger partial charge >= 0.3 is 0 Å². The molecule has 1 aliphatic heterocycles. The Kier molecular flexibility index (Phi) is 4.43. The lowest BCUT2D eigenvalue weighted by molar-refractivity contribution is 0.0881. The van der Waals surface area contributed by atoms with E-state index in [1.165, 1.54) is 19.2 Å². The van der Waals surface area contributed by atoms with Gasteiger partial charge in [-0.1, -0.05) is 0 Å². The number of ether oxygens (including phenoxy) is 1. The van der Waals surface area contributed by atoms with E-state index in [2.05, 4.69) is 16.3 Å². The van der Waals surface area contributed by atoms with Crippen LogP contribution in [0.25, 0.3) is 0 Å². The molecule has 0 aliphatic carbocycles. The van der Waals surface area contributed by atoms with Crippen molar-refractivity contribution in [2.24, 2.45) is 0 Å². The van der Waals surface area contributed by atoms with Gasteiger partial charge in [0.1, 0.15) is 5.54 Å². The van der Waals surface area contributed by atoms with Gasteiger partial charge in [0, 0.05) is 18.7 Å². The molecule has 0 aromatic heterocycles. The van der Waals surface area contributed by atoms with Crippen molar-refractivity contribution in [1.29, 1.82) is 5.26 Å². The lowest BCUT2D eigenvalue weighted by Crippen LogP contribution is -2.53. The molecule has 0 unspecified atom stereocenters. The summed E-state index contributed by atoms with van der Waals surface area (Å²) in [6.45, 7) is 1.48. The maximum Gasteiger partial charge on any atom is 0.252 e. The summed E-state index contributed by atoms with van der Waals surface area (Å²) in [4.78, 5) is 14.3. The summed E-state index contributed by atoms with van der Waals surface area (Å²) in [5.74, 6) is -0.956. The Morgan fingerprint density at radius 2 is 2.14 bits per heavy atom. The number of benzene rings is 1. The van der Waals surface area contributed by atoms with Crippen molar-refractivity contribution in [3.8, 4) is 11.8 Å². The van der Waals surface area contributed by atoms with Gasteiger partial charge in [-0.2, -0.15) is 5.26 Å². The zero-order chi connectivity index (χ0) is 15.5. The first-order chi connectivity index (χ1) is 9.99. The van der Waals surface area contributed by atoms with Gasteiger partial charge in [0.2, 0.25) is 0 Å². The molecule has 1 amide bonds. The number of methoxy groups -OCH3 is 1. The first-order valence-electron chi connectivity index (χ1n) is 6.75. The third-order valence-electron chi connectivity index (χ3n) is 3.82. The second-order valence-electron chi connectivity index (χ2n) is 5.30. The lowest BCUT2D eigenvalue weighted by atomic mass is 9.89. The van der Waals surface area contributed by atoms with Crippen LogP contribution in [0.3, 0.4) is 0 Å². The van der Waals surface area contributed by atoms with Crippen molar-refractivity contribution in [2.45, 2.75) is 18.4 Å². The fraction of sp³-hybridized carbons (Fsp3) is 0.467. The summed E-state index contributed by atoms with van der Waals surface area (Å²) < 4.78 is 18.5. The predicted octanol–water partition coefficient (Wildman–Crippen LogP) is 1.55. The Morgan fingerprint density at radius 3 is 2.67 bits per heavy atom. The summed E-state index contributed by atoms with van der Waals surface area (Å²) in [5.41, 5.74) is -0.693. The predicted molar refractivity (Wildman–Crippen MR) is 75.5 cm³/mol. The van der Waals surface area contributed by atoms with Crippen molar-refractivity contribution >= 4 is 5.91 Å². The standard InChI is InChI=1S/C15H18FN3O2/c1-19-7-5-15(10-17,6-8-19)18-14(20)11-3-4-13(21-2)12(16)9-11/h3-4,9H,5-8H2,1-2H3,(H,18,20). The van der Waals surface area contributed by atoms with Crippen LogP contribution in [-0.4, -0.2) is 43.6 Å². The van der Waals surface area contributed by atoms with Crippen molar-refractivity contribution in [3.05, 3.63) is 29.6 Å². The molecule has 1 fully saturated rings. The molecule has 0 spiro atoms. The molecular formula is C15H18FN3O2. The fourth-order valence-corrected chi connectivity index (χ4v) is 2.36. The highest BCUT2D eigenvalue weighted by molar-refractivity contribution is 5.95. The van der Waals surface area contributed by atoms with Crippen LogP contribution in [0.2, 0.25) is 0 Å². The van der Waals surface area contributed by atoms with Crippen LogP contribution in [0.4, 0.5) is 4.39 Å². The van der Waals surface area contributed by atoms with E-state index in [0.717, 1.165) is 19.2 Å². The number of hydrogen-bond acceptors (Lipinski definition) is 4. The highest BCUT2D eigenvalue weighted by atomic mass is 19.1. The molecule has 0 atom stereocenters. The van der Waals surface area contributed by atoms with Crippen LogP contribution < -0.4 is 10.1 Å². The zero-order valence-electron chi connectivity index (χ0n) is 12.1. The number of carbonyl (C=O) groups excluding carboxylic acids is 1. The molecule has 112 valence electrons. The van der Waals surface area contributed by atoms with Crippen LogP contribution in [0.5, 0.6) is 5.75 Å². The molecule has 1 N–H and O–H groups in total. The molecule has 1 saturated heterocycles. The van der Waals surface area contributed by atoms with Crippen LogP contribution in [-0.2, 0) is 0 Å². The second-order valence-corrected chi connectivity index (χ2v) is 5.30. The van der Waals surface area contributed by atoms with Crippen molar-refractivity contribution in [3.63, 3.8) is 0 Å². The lowest BCUT2D eigenvalue weighted by Gasteiger charge is -2.36. The van der Waals surface area contributed by atoms with Gasteiger partial charge in [-0.15, -0.1) is 0 Å². The SMILES string of the molecule is COc1ccc(C(=O)NC2(C#N)CCN(C)CC2)cc1F. The molecule has 2 rings (SSSR count). The molecule has 1 aromatic carbocycles. The highest BCUT2D eigenvalue weighted by Crippen LogP contribution is 2.22. The third kappa shape index (κ3) is 3.31. The monoisotopic (exact) mass is 291 g/mol. The van der Waals surface area contributed by atoms with Crippen molar-refractivity contribution in [1.82, 2.24) is 10.2 Å². The molecule has 5 nitrogen and oxygen atoms in total. The summed E-state index contributed by atoms with van der Waals surface area (Å²) in [6, 6.07) is 6.20. The van der Waals surface area contributed by atoms with Gasteiger partial charge in [-0.05, 0) is 38.1 Å². The minimum Gasteiger partial charge on any atom is -0.494 e. The zero-order valence-corrected chi connectivity index (χ0v) is 12.1. The van der Waals surface area contributed by atoms with E-state index in [1.807, 2.05) is 7.05 Å². The topological polar surface area (TPSA) is 65.4 Å². The number of likely N-dealkylation sites (tertiary alicyclic amines) is 1. The quantitative estimate of drug-likeness (QED) is 0.917. The first kappa shape index (κ1) is 15.3. The Balaban J connectivity index is 2.13. The molecule has 0 saturated carbocycles. The number of hydrogen-bond donors (Lipinski definition) is 1. The molecule has 0 radical (unpaired) electrons. The number of carbonyl (C=O) groups is 1. The first-order valence-corrected chi connectivity index (χ1v) is 6.75. The van der Waals surface area contributed by atoms with Crippen LogP contribution in [0.1, 0.15) is 23.2 Å². The van der Waals surface area contributed by atoms with E-state index in [-0.39, 0.29) is 11.3 Å². The summed E-state index contributed by atoms with van der Waals surface area (Å²) in [6.07, 6.45) is 1.12. The van der Waals surface area contributed by atoms with E-state index in [1.54, 1.807) is 0 Å². The van der Waals surface area contributed by atoms with E-state index in [9.17, 15) is 14.4 Å². The van der Waals surface area contributed by atoms with Crippen LogP contribution in [0, 0.1) is 17.1 Å². The van der Waals surface area contributed by atoms with E-state index in [4.69, 9.17) is 4.74 Å². The Hall–Kier alpha value is -2.13. The van der Waals surface area contributed by atoms with Gasteiger partial charge < -0.3 is 15.0 Å². The van der Waals surface area contributed by atoms with Crippen molar-refractivity contribution in [2.75, 3.05) is 27.2 Å². The average molecular weight is 291 g/mol. The molecule has 1 heterocycles. The third-order valence-corrected chi connectivity index (χ3v) is 3.82. The summed E-state index contributed by atoms with van der Waals surface area (Å²) in [5, 5.41) is 12.1. The smallest absolute Gasteiger partial charge is 0.252 e. The van der Waals surface area contributed by atoms with Gasteiger partial charge in [0.05, 0.1) is 13.2 Å². The minimum atomic E-state index is -0.875. The molecule has 21 heavy (non-hydrogen) atoms. The molecular weight excluding hydrogens is 273 g/mol. The second kappa shape index (κ2) is 6.10. The highest BCUT2D eigenvalue weighted by Gasteiger charge is 2.35. The number of amides is 1. The van der Waals surface area contributed by atoms with Gasteiger partial charge in [0.25, 0.3) is 5.91 Å². The maximum atomic E-state index is 13.6. The van der Waals surface area contributed by atoms with Gasteiger partial charge in [-0.3, -0.25) is 4.79 Å². The Bertz CT molecular complexity index is 575. The molecule has 6 heteroatoms. The number of nitrogens with zero attached hydrogens (tertiary/aromatic N) is 2. The van der Waals surface area contributed by atoms with Gasteiger partial charge in [-0.25, -0.2) is 4.39 Å². The number of nitriles is 1. The van der Waals surface area contributed by atoms with Gasteiger partial charge in [0.15, 0.2) is 11.6 Å². The fourth-order valence-electron chi connectivity index (χ4n) is 2.36. The van der Waals surface area contributed by atoms with Crippen molar-refractivity contribution < 1.29 is 13.9 Å².